The van der Waals surface area contributed by atoms with Gasteiger partial charge in [-0.1, -0.05) is 54.6 Å². The number of hydrogen-bond acceptors (Lipinski definition) is 2. The lowest BCUT2D eigenvalue weighted by Gasteiger charge is -2.27. The van der Waals surface area contributed by atoms with Crippen LogP contribution in [0.1, 0.15) is 36.0 Å². The SMILES string of the molecule is O=S(=O)(C1=Cc2ccccc2CC1)N1CCC[C@@H]1Cc1ccccc1. The molecule has 3 nitrogen and oxygen atoms in total. The van der Waals surface area contributed by atoms with Gasteiger partial charge in [0.2, 0.25) is 10.0 Å². The van der Waals surface area contributed by atoms with E-state index in [9.17, 15) is 8.42 Å². The fourth-order valence-corrected chi connectivity index (χ4v) is 5.86. The van der Waals surface area contributed by atoms with Crippen LogP contribution in [-0.2, 0) is 22.9 Å². The highest BCUT2D eigenvalue weighted by atomic mass is 32.2. The molecule has 25 heavy (non-hydrogen) atoms. The Hall–Kier alpha value is -1.91. The third kappa shape index (κ3) is 3.29. The molecule has 0 amide bonds. The molecule has 1 saturated heterocycles. The number of hydrogen-bond donors (Lipinski definition) is 0. The summed E-state index contributed by atoms with van der Waals surface area (Å²) in [5.41, 5.74) is 3.49. The van der Waals surface area contributed by atoms with Gasteiger partial charge in [-0.05, 0) is 54.9 Å². The van der Waals surface area contributed by atoms with Crippen LogP contribution in [0.3, 0.4) is 0 Å². The second-order valence-electron chi connectivity index (χ2n) is 6.91. The molecule has 2 aromatic carbocycles. The molecule has 1 atom stereocenters. The summed E-state index contributed by atoms with van der Waals surface area (Å²) in [7, 11) is -3.38. The average Bonchev–Trinajstić information content (AvgIpc) is 3.11. The van der Waals surface area contributed by atoms with E-state index >= 15 is 0 Å². The maximum atomic E-state index is 13.3. The number of fused-ring (bicyclic) bond motifs is 1. The van der Waals surface area contributed by atoms with Crippen molar-refractivity contribution in [3.05, 3.63) is 76.2 Å². The number of allylic oxidation sites excluding steroid dienone is 1. The smallest absolute Gasteiger partial charge is 0.207 e. The molecule has 1 heterocycles. The Bertz CT molecular complexity index is 887. The summed E-state index contributed by atoms with van der Waals surface area (Å²) in [6.07, 6.45) is 5.97. The summed E-state index contributed by atoms with van der Waals surface area (Å²) < 4.78 is 28.3. The van der Waals surface area contributed by atoms with E-state index in [0.717, 1.165) is 31.2 Å². The van der Waals surface area contributed by atoms with Crippen LogP contribution >= 0.6 is 0 Å². The Balaban J connectivity index is 1.60. The van der Waals surface area contributed by atoms with Gasteiger partial charge in [0.1, 0.15) is 0 Å². The Morgan fingerprint density at radius 3 is 2.56 bits per heavy atom. The Kier molecular flexibility index (Phi) is 4.48. The molecule has 2 aliphatic rings. The third-order valence-corrected chi connectivity index (χ3v) is 7.37. The molecular formula is C21H23NO2S. The Morgan fingerprint density at radius 2 is 1.72 bits per heavy atom. The van der Waals surface area contributed by atoms with Crippen molar-refractivity contribution in [2.24, 2.45) is 0 Å². The highest BCUT2D eigenvalue weighted by Crippen LogP contribution is 2.33. The fraction of sp³-hybridized carbons (Fsp3) is 0.333. The number of rotatable bonds is 4. The highest BCUT2D eigenvalue weighted by Gasteiger charge is 2.36. The molecule has 1 fully saturated rings. The van der Waals surface area contributed by atoms with Crippen molar-refractivity contribution in [1.29, 1.82) is 0 Å². The summed E-state index contributed by atoms with van der Waals surface area (Å²) in [6, 6.07) is 18.4. The van der Waals surface area contributed by atoms with Gasteiger partial charge >= 0.3 is 0 Å². The van der Waals surface area contributed by atoms with E-state index in [4.69, 9.17) is 0 Å². The van der Waals surface area contributed by atoms with E-state index in [1.54, 1.807) is 4.31 Å². The molecule has 1 aliphatic carbocycles. The second kappa shape index (κ2) is 6.77. The molecule has 130 valence electrons. The van der Waals surface area contributed by atoms with Crippen molar-refractivity contribution in [3.8, 4) is 0 Å². The van der Waals surface area contributed by atoms with Gasteiger partial charge in [0.05, 0.1) is 4.91 Å². The van der Waals surface area contributed by atoms with Crippen LogP contribution in [-0.4, -0.2) is 25.3 Å². The lowest BCUT2D eigenvalue weighted by Crippen LogP contribution is -2.37. The number of aryl methyl sites for hydroxylation is 1. The van der Waals surface area contributed by atoms with Crippen LogP contribution in [0.25, 0.3) is 6.08 Å². The maximum absolute atomic E-state index is 13.3. The molecule has 0 unspecified atom stereocenters. The van der Waals surface area contributed by atoms with E-state index in [1.165, 1.54) is 11.1 Å². The normalized spacial score (nSPS) is 21.0. The first-order valence-corrected chi connectivity index (χ1v) is 10.4. The zero-order valence-corrected chi connectivity index (χ0v) is 15.1. The lowest BCUT2D eigenvalue weighted by atomic mass is 9.98. The molecule has 4 heteroatoms. The van der Waals surface area contributed by atoms with Crippen LogP contribution in [0.2, 0.25) is 0 Å². The van der Waals surface area contributed by atoms with E-state index in [0.29, 0.717) is 17.9 Å². The van der Waals surface area contributed by atoms with Crippen LogP contribution in [0.4, 0.5) is 0 Å². The van der Waals surface area contributed by atoms with Gasteiger partial charge in [-0.3, -0.25) is 0 Å². The van der Waals surface area contributed by atoms with E-state index < -0.39 is 10.0 Å². The van der Waals surface area contributed by atoms with Crippen molar-refractivity contribution < 1.29 is 8.42 Å². The zero-order chi connectivity index (χ0) is 17.3. The first kappa shape index (κ1) is 16.6. The largest absolute Gasteiger partial charge is 0.239 e. The molecule has 0 bridgehead atoms. The van der Waals surface area contributed by atoms with Gasteiger partial charge in [-0.25, -0.2) is 8.42 Å². The second-order valence-corrected chi connectivity index (χ2v) is 8.85. The van der Waals surface area contributed by atoms with Crippen molar-refractivity contribution in [3.63, 3.8) is 0 Å². The van der Waals surface area contributed by atoms with Crippen LogP contribution < -0.4 is 0 Å². The number of sulfonamides is 1. The van der Waals surface area contributed by atoms with E-state index in [1.807, 2.05) is 42.5 Å². The minimum atomic E-state index is -3.38. The summed E-state index contributed by atoms with van der Waals surface area (Å²) in [4.78, 5) is 0.575. The number of benzene rings is 2. The van der Waals surface area contributed by atoms with Gasteiger partial charge in [-0.2, -0.15) is 4.31 Å². The fourth-order valence-electron chi connectivity index (χ4n) is 3.98. The molecule has 1 aliphatic heterocycles. The first-order valence-electron chi connectivity index (χ1n) is 8.99. The van der Waals surface area contributed by atoms with Gasteiger partial charge in [0.25, 0.3) is 0 Å². The van der Waals surface area contributed by atoms with E-state index in [-0.39, 0.29) is 6.04 Å². The minimum absolute atomic E-state index is 0.0745. The Morgan fingerprint density at radius 1 is 0.960 bits per heavy atom. The van der Waals surface area contributed by atoms with Gasteiger partial charge in [-0.15, -0.1) is 0 Å². The van der Waals surface area contributed by atoms with Crippen molar-refractivity contribution in [2.75, 3.05) is 6.54 Å². The summed E-state index contributed by atoms with van der Waals surface area (Å²) >= 11 is 0. The monoisotopic (exact) mass is 353 g/mol. The minimum Gasteiger partial charge on any atom is -0.207 e. The highest BCUT2D eigenvalue weighted by molar-refractivity contribution is 7.93. The maximum Gasteiger partial charge on any atom is 0.239 e. The van der Waals surface area contributed by atoms with Gasteiger partial charge in [0, 0.05) is 12.6 Å². The van der Waals surface area contributed by atoms with Crippen LogP contribution in [0.15, 0.2) is 59.5 Å². The zero-order valence-electron chi connectivity index (χ0n) is 14.3. The lowest BCUT2D eigenvalue weighted by molar-refractivity contribution is 0.389. The van der Waals surface area contributed by atoms with Gasteiger partial charge < -0.3 is 0 Å². The third-order valence-electron chi connectivity index (χ3n) is 5.29. The Labute approximate surface area is 150 Å². The molecule has 4 rings (SSSR count). The van der Waals surface area contributed by atoms with E-state index in [2.05, 4.69) is 18.2 Å². The quantitative estimate of drug-likeness (QED) is 0.833. The molecule has 0 spiro atoms. The predicted octanol–water partition coefficient (Wildman–Crippen LogP) is 4.01. The summed E-state index contributed by atoms with van der Waals surface area (Å²) in [5, 5.41) is 0. The standard InChI is InChI=1S/C21H23NO2S/c23-25(24,21-13-12-18-9-4-5-10-19(18)16-21)22-14-6-11-20(22)15-17-7-2-1-3-8-17/h1-5,7-10,16,20H,6,11-15H2/t20-/m1/s1. The van der Waals surface area contributed by atoms with Crippen molar-refractivity contribution >= 4 is 16.1 Å². The summed E-state index contributed by atoms with van der Waals surface area (Å²) in [5.74, 6) is 0. The molecule has 0 N–H and O–H groups in total. The average molecular weight is 353 g/mol. The van der Waals surface area contributed by atoms with Crippen LogP contribution in [0, 0.1) is 0 Å². The van der Waals surface area contributed by atoms with Gasteiger partial charge in [0.15, 0.2) is 0 Å². The molecular weight excluding hydrogens is 330 g/mol. The molecule has 2 aromatic rings. The van der Waals surface area contributed by atoms with Crippen LogP contribution in [0.5, 0.6) is 0 Å². The molecule has 0 saturated carbocycles. The number of nitrogens with zero attached hydrogens (tertiary/aromatic N) is 1. The molecule has 0 radical (unpaired) electrons. The molecule has 0 aromatic heterocycles. The van der Waals surface area contributed by atoms with Crippen molar-refractivity contribution in [2.45, 2.75) is 38.1 Å². The summed E-state index contributed by atoms with van der Waals surface area (Å²) in [6.45, 7) is 0.638. The first-order chi connectivity index (χ1) is 12.1. The topological polar surface area (TPSA) is 37.4 Å². The predicted molar refractivity (Wildman–Crippen MR) is 102 cm³/mol. The van der Waals surface area contributed by atoms with Crippen molar-refractivity contribution in [1.82, 2.24) is 4.31 Å².